The zero-order valence-corrected chi connectivity index (χ0v) is 22.5. The number of carbonyl (C=O) groups is 2. The smallest absolute Gasteiger partial charge is 0.416 e. The Hall–Kier alpha value is -5.38. The van der Waals surface area contributed by atoms with Gasteiger partial charge in [-0.25, -0.2) is 10.2 Å². The SMILES string of the molecule is COc1cc(C=NNC(=O)c2[nH]c3c(C)cccc3c2-c2ccccc2)ccc1OC(=O)c1cccc(C(F)(F)F)c1. The molecule has 1 heterocycles. The van der Waals surface area contributed by atoms with E-state index in [1.165, 1.54) is 31.5 Å². The molecule has 0 bridgehead atoms. The van der Waals surface area contributed by atoms with Gasteiger partial charge in [0, 0.05) is 16.5 Å². The molecule has 0 saturated carbocycles. The number of hydrogen-bond acceptors (Lipinski definition) is 5. The average molecular weight is 572 g/mol. The predicted octanol–water partition coefficient (Wildman–Crippen LogP) is 7.15. The molecule has 10 heteroatoms. The number of hydrazone groups is 1. The number of carbonyl (C=O) groups excluding carboxylic acids is 2. The van der Waals surface area contributed by atoms with Crippen molar-refractivity contribution in [3.05, 3.63) is 119 Å². The minimum absolute atomic E-state index is 0.00189. The highest BCUT2D eigenvalue weighted by Crippen LogP contribution is 2.34. The van der Waals surface area contributed by atoms with Crippen molar-refractivity contribution in [2.45, 2.75) is 13.1 Å². The number of benzene rings is 4. The summed E-state index contributed by atoms with van der Waals surface area (Å²) in [6.45, 7) is 1.96. The number of methoxy groups -OCH3 is 1. The second-order valence-electron chi connectivity index (χ2n) is 9.32. The number of hydrogen-bond donors (Lipinski definition) is 2. The first-order valence-corrected chi connectivity index (χ1v) is 12.7. The molecule has 0 aliphatic heterocycles. The lowest BCUT2D eigenvalue weighted by molar-refractivity contribution is -0.137. The summed E-state index contributed by atoms with van der Waals surface area (Å²) in [6, 6.07) is 23.8. The number of nitrogens with zero attached hydrogens (tertiary/aromatic N) is 1. The van der Waals surface area contributed by atoms with E-state index in [2.05, 4.69) is 15.5 Å². The molecule has 0 spiro atoms. The van der Waals surface area contributed by atoms with Gasteiger partial charge in [-0.05, 0) is 60.0 Å². The van der Waals surface area contributed by atoms with E-state index < -0.39 is 23.6 Å². The number of aryl methyl sites for hydroxylation is 1. The van der Waals surface area contributed by atoms with Crippen LogP contribution in [-0.2, 0) is 6.18 Å². The van der Waals surface area contributed by atoms with Gasteiger partial charge in [0.1, 0.15) is 5.69 Å². The van der Waals surface area contributed by atoms with Gasteiger partial charge in [0.2, 0.25) is 0 Å². The quantitative estimate of drug-likeness (QED) is 0.0939. The van der Waals surface area contributed by atoms with Crippen LogP contribution in [0.4, 0.5) is 13.2 Å². The van der Waals surface area contributed by atoms with Gasteiger partial charge in [-0.2, -0.15) is 18.3 Å². The fourth-order valence-corrected chi connectivity index (χ4v) is 4.49. The summed E-state index contributed by atoms with van der Waals surface area (Å²) in [5.74, 6) is -1.28. The largest absolute Gasteiger partial charge is 0.493 e. The number of aromatic amines is 1. The van der Waals surface area contributed by atoms with Crippen molar-refractivity contribution in [3.8, 4) is 22.6 Å². The zero-order valence-electron chi connectivity index (χ0n) is 22.5. The summed E-state index contributed by atoms with van der Waals surface area (Å²) in [5, 5.41) is 4.99. The van der Waals surface area contributed by atoms with Crippen LogP contribution >= 0.6 is 0 Å². The van der Waals surface area contributed by atoms with Crippen LogP contribution in [-0.4, -0.2) is 30.2 Å². The maximum Gasteiger partial charge on any atom is 0.416 e. The van der Waals surface area contributed by atoms with E-state index in [1.54, 1.807) is 6.07 Å². The lowest BCUT2D eigenvalue weighted by Crippen LogP contribution is -2.18. The lowest BCUT2D eigenvalue weighted by atomic mass is 10.0. The number of rotatable bonds is 7. The molecule has 7 nitrogen and oxygen atoms in total. The highest BCUT2D eigenvalue weighted by Gasteiger charge is 2.31. The topological polar surface area (TPSA) is 92.8 Å². The fraction of sp³-hybridized carbons (Fsp3) is 0.0938. The maximum absolute atomic E-state index is 13.2. The Balaban J connectivity index is 1.34. The number of halogens is 3. The van der Waals surface area contributed by atoms with E-state index >= 15 is 0 Å². The van der Waals surface area contributed by atoms with Crippen LogP contribution in [0.15, 0.2) is 96.1 Å². The van der Waals surface area contributed by atoms with E-state index in [0.717, 1.165) is 45.8 Å². The van der Waals surface area contributed by atoms with Gasteiger partial charge in [-0.15, -0.1) is 0 Å². The second kappa shape index (κ2) is 11.6. The van der Waals surface area contributed by atoms with Crippen LogP contribution in [0.25, 0.3) is 22.0 Å². The Morgan fingerprint density at radius 1 is 0.905 bits per heavy atom. The summed E-state index contributed by atoms with van der Waals surface area (Å²) in [6.07, 6.45) is -3.21. The van der Waals surface area contributed by atoms with Crippen molar-refractivity contribution in [1.29, 1.82) is 0 Å². The van der Waals surface area contributed by atoms with Crippen molar-refractivity contribution in [2.24, 2.45) is 5.10 Å². The molecule has 0 saturated heterocycles. The van der Waals surface area contributed by atoms with Crippen LogP contribution in [0.3, 0.4) is 0 Å². The molecule has 0 unspecified atom stereocenters. The summed E-state index contributed by atoms with van der Waals surface area (Å²) in [7, 11) is 1.35. The first-order valence-electron chi connectivity index (χ1n) is 12.7. The first-order chi connectivity index (χ1) is 20.2. The number of alkyl halides is 3. The second-order valence-corrected chi connectivity index (χ2v) is 9.32. The summed E-state index contributed by atoms with van der Waals surface area (Å²) < 4.78 is 49.6. The molecule has 1 amide bonds. The van der Waals surface area contributed by atoms with Crippen molar-refractivity contribution < 1.29 is 32.2 Å². The van der Waals surface area contributed by atoms with Crippen LogP contribution in [0.5, 0.6) is 11.5 Å². The molecule has 4 aromatic carbocycles. The predicted molar refractivity (Wildman–Crippen MR) is 153 cm³/mol. The minimum Gasteiger partial charge on any atom is -0.493 e. The number of fused-ring (bicyclic) bond motifs is 1. The molecule has 2 N–H and O–H groups in total. The molecular formula is C32H24F3N3O4. The number of ether oxygens (including phenoxy) is 2. The van der Waals surface area contributed by atoms with E-state index in [1.807, 2.05) is 55.5 Å². The summed E-state index contributed by atoms with van der Waals surface area (Å²) in [5.41, 5.74) is 5.66. The van der Waals surface area contributed by atoms with E-state index in [9.17, 15) is 22.8 Å². The molecule has 0 aliphatic rings. The third kappa shape index (κ3) is 5.87. The van der Waals surface area contributed by atoms with Crippen molar-refractivity contribution >= 4 is 29.0 Å². The average Bonchev–Trinajstić information content (AvgIpc) is 3.39. The lowest BCUT2D eigenvalue weighted by Gasteiger charge is -2.11. The summed E-state index contributed by atoms with van der Waals surface area (Å²) >= 11 is 0. The molecule has 0 aliphatic carbocycles. The maximum atomic E-state index is 13.2. The molecule has 5 rings (SSSR count). The minimum atomic E-state index is -4.60. The molecule has 0 radical (unpaired) electrons. The van der Waals surface area contributed by atoms with Gasteiger partial charge in [-0.3, -0.25) is 4.79 Å². The molecular weight excluding hydrogens is 547 g/mol. The fourth-order valence-electron chi connectivity index (χ4n) is 4.49. The Bertz CT molecular complexity index is 1810. The third-order valence-electron chi connectivity index (χ3n) is 6.53. The summed E-state index contributed by atoms with van der Waals surface area (Å²) in [4.78, 5) is 29.0. The number of aromatic nitrogens is 1. The molecule has 1 aromatic heterocycles. The van der Waals surface area contributed by atoms with Crippen LogP contribution < -0.4 is 14.9 Å². The van der Waals surface area contributed by atoms with Gasteiger partial charge in [0.25, 0.3) is 5.91 Å². The molecule has 212 valence electrons. The van der Waals surface area contributed by atoms with Crippen molar-refractivity contribution in [1.82, 2.24) is 10.4 Å². The van der Waals surface area contributed by atoms with E-state index in [-0.39, 0.29) is 17.1 Å². The van der Waals surface area contributed by atoms with Crippen molar-refractivity contribution in [2.75, 3.05) is 7.11 Å². The Morgan fingerprint density at radius 3 is 2.40 bits per heavy atom. The number of para-hydroxylation sites is 1. The van der Waals surface area contributed by atoms with Gasteiger partial charge >= 0.3 is 12.1 Å². The third-order valence-corrected chi connectivity index (χ3v) is 6.53. The van der Waals surface area contributed by atoms with E-state index in [0.29, 0.717) is 11.3 Å². The Kier molecular flexibility index (Phi) is 7.79. The van der Waals surface area contributed by atoms with Gasteiger partial charge < -0.3 is 14.5 Å². The molecule has 0 fully saturated rings. The number of esters is 1. The molecule has 42 heavy (non-hydrogen) atoms. The van der Waals surface area contributed by atoms with E-state index in [4.69, 9.17) is 9.47 Å². The van der Waals surface area contributed by atoms with Gasteiger partial charge in [0.05, 0.1) is 24.5 Å². The Morgan fingerprint density at radius 2 is 1.67 bits per heavy atom. The number of H-pyrrole nitrogens is 1. The zero-order chi connectivity index (χ0) is 29.9. The molecule has 5 aromatic rings. The number of amides is 1. The van der Waals surface area contributed by atoms with Crippen LogP contribution in [0.1, 0.15) is 37.5 Å². The monoisotopic (exact) mass is 571 g/mol. The van der Waals surface area contributed by atoms with Crippen molar-refractivity contribution in [3.63, 3.8) is 0 Å². The highest BCUT2D eigenvalue weighted by molar-refractivity contribution is 6.10. The number of nitrogens with one attached hydrogen (secondary N) is 2. The van der Waals surface area contributed by atoms with Crippen LogP contribution in [0.2, 0.25) is 0 Å². The van der Waals surface area contributed by atoms with Crippen LogP contribution in [0, 0.1) is 6.92 Å². The Labute approximate surface area is 238 Å². The van der Waals surface area contributed by atoms with Gasteiger partial charge in [-0.1, -0.05) is 54.6 Å². The first kappa shape index (κ1) is 28.2. The normalized spacial score (nSPS) is 11.5. The highest BCUT2D eigenvalue weighted by atomic mass is 19.4. The molecule has 0 atom stereocenters. The van der Waals surface area contributed by atoms with Gasteiger partial charge in [0.15, 0.2) is 11.5 Å². The standard InChI is InChI=1S/C32H24F3N3O4/c1-19-8-6-13-24-27(21-9-4-3-5-10-21)29(37-28(19)24)30(39)38-36-18-20-14-15-25(26(16-20)41-2)42-31(40)22-11-7-12-23(17-22)32(33,34)35/h3-18,37H,1-2H3,(H,38,39).